The summed E-state index contributed by atoms with van der Waals surface area (Å²) in [5.74, 6) is -2.34. The number of carbonyl (C=O) groups excluding carboxylic acids is 1. The fourth-order valence-electron chi connectivity index (χ4n) is 2.72. The van der Waals surface area contributed by atoms with Crippen molar-refractivity contribution < 1.29 is 26.7 Å². The second-order valence-corrected chi connectivity index (χ2v) is 8.48. The molecular formula is C20H20F2N2O4S. The number of amides is 1. The van der Waals surface area contributed by atoms with Crippen LogP contribution in [-0.4, -0.2) is 26.5 Å². The Hall–Kier alpha value is -2.78. The third kappa shape index (κ3) is 5.39. The predicted octanol–water partition coefficient (Wildman–Crippen LogP) is 3.12. The molecule has 2 aromatic carbocycles. The first-order chi connectivity index (χ1) is 13.7. The van der Waals surface area contributed by atoms with Crippen LogP contribution in [0.4, 0.5) is 14.5 Å². The zero-order valence-corrected chi connectivity index (χ0v) is 16.3. The molecule has 1 amide bonds. The highest BCUT2D eigenvalue weighted by Crippen LogP contribution is 2.38. The van der Waals surface area contributed by atoms with Gasteiger partial charge in [-0.1, -0.05) is 18.7 Å². The molecule has 0 spiro atoms. The lowest BCUT2D eigenvalue weighted by atomic mass is 10.2. The SMILES string of the molecule is C=CCOc1ccc(NC(=O)C2(NS(=O)(=O)Cc3ccc(F)cc3F)CC2)cc1. The molecule has 9 heteroatoms. The highest BCUT2D eigenvalue weighted by molar-refractivity contribution is 7.88. The Bertz CT molecular complexity index is 1020. The van der Waals surface area contributed by atoms with E-state index in [4.69, 9.17) is 4.74 Å². The van der Waals surface area contributed by atoms with Crippen molar-refractivity contribution in [2.75, 3.05) is 11.9 Å². The number of rotatable bonds is 9. The third-order valence-electron chi connectivity index (χ3n) is 4.38. The summed E-state index contributed by atoms with van der Waals surface area (Å²) in [6.07, 6.45) is 2.26. The average Bonchev–Trinajstić information content (AvgIpc) is 3.43. The van der Waals surface area contributed by atoms with Gasteiger partial charge < -0.3 is 10.1 Å². The van der Waals surface area contributed by atoms with Crippen LogP contribution in [-0.2, 0) is 20.6 Å². The van der Waals surface area contributed by atoms with Crippen LogP contribution < -0.4 is 14.8 Å². The summed E-state index contributed by atoms with van der Waals surface area (Å²) in [4.78, 5) is 12.6. The molecule has 2 aromatic rings. The van der Waals surface area contributed by atoms with Crippen LogP contribution in [0, 0.1) is 11.6 Å². The van der Waals surface area contributed by atoms with Gasteiger partial charge in [-0.15, -0.1) is 0 Å². The van der Waals surface area contributed by atoms with E-state index in [0.29, 0.717) is 37.0 Å². The maximum absolute atomic E-state index is 13.8. The smallest absolute Gasteiger partial charge is 0.245 e. The van der Waals surface area contributed by atoms with Gasteiger partial charge in [-0.05, 0) is 43.2 Å². The number of nitrogens with one attached hydrogen (secondary N) is 2. The molecule has 0 radical (unpaired) electrons. The van der Waals surface area contributed by atoms with E-state index in [2.05, 4.69) is 16.6 Å². The van der Waals surface area contributed by atoms with Gasteiger partial charge in [0.1, 0.15) is 29.5 Å². The number of anilines is 1. The van der Waals surface area contributed by atoms with Crippen molar-refractivity contribution in [2.45, 2.75) is 24.1 Å². The lowest BCUT2D eigenvalue weighted by Crippen LogP contribution is -2.46. The molecule has 6 nitrogen and oxygen atoms in total. The Morgan fingerprint density at radius 1 is 1.17 bits per heavy atom. The van der Waals surface area contributed by atoms with Crippen molar-refractivity contribution in [3.05, 3.63) is 72.3 Å². The van der Waals surface area contributed by atoms with Gasteiger partial charge in [0.25, 0.3) is 0 Å². The van der Waals surface area contributed by atoms with Crippen LogP contribution in [0.2, 0.25) is 0 Å². The van der Waals surface area contributed by atoms with Gasteiger partial charge in [-0.25, -0.2) is 17.2 Å². The number of benzene rings is 2. The van der Waals surface area contributed by atoms with Crippen LogP contribution in [0.5, 0.6) is 5.75 Å². The van der Waals surface area contributed by atoms with Crippen molar-refractivity contribution in [2.24, 2.45) is 0 Å². The summed E-state index contributed by atoms with van der Waals surface area (Å²) in [5.41, 5.74) is -0.964. The molecule has 1 aliphatic carbocycles. The monoisotopic (exact) mass is 422 g/mol. The predicted molar refractivity (Wildman–Crippen MR) is 105 cm³/mol. The van der Waals surface area contributed by atoms with Gasteiger partial charge in [-0.2, -0.15) is 4.72 Å². The number of ether oxygens (including phenoxy) is 1. The van der Waals surface area contributed by atoms with Crippen LogP contribution in [0.1, 0.15) is 18.4 Å². The topological polar surface area (TPSA) is 84.5 Å². The van der Waals surface area contributed by atoms with Gasteiger partial charge in [0, 0.05) is 17.3 Å². The number of carbonyl (C=O) groups is 1. The highest BCUT2D eigenvalue weighted by atomic mass is 32.2. The first-order valence-corrected chi connectivity index (χ1v) is 10.5. The highest BCUT2D eigenvalue weighted by Gasteiger charge is 2.52. The van der Waals surface area contributed by atoms with Gasteiger partial charge in [0.05, 0.1) is 5.75 Å². The van der Waals surface area contributed by atoms with Gasteiger partial charge in [0.2, 0.25) is 15.9 Å². The minimum Gasteiger partial charge on any atom is -0.490 e. The number of hydrogen-bond donors (Lipinski definition) is 2. The molecule has 0 bridgehead atoms. The van der Waals surface area contributed by atoms with E-state index in [0.717, 1.165) is 12.1 Å². The standard InChI is InChI=1S/C20H20F2N2O4S/c1-2-11-28-17-7-5-16(6-8-17)23-19(25)20(9-10-20)24-29(26,27)13-14-3-4-15(21)12-18(14)22/h2-8,12,24H,1,9-11,13H2,(H,23,25). The maximum atomic E-state index is 13.8. The number of halogens is 2. The van der Waals surface area contributed by atoms with Crippen molar-refractivity contribution >= 4 is 21.6 Å². The van der Waals surface area contributed by atoms with Crippen LogP contribution >= 0.6 is 0 Å². The molecule has 0 unspecified atom stereocenters. The maximum Gasteiger partial charge on any atom is 0.245 e. The molecule has 2 N–H and O–H groups in total. The number of sulfonamides is 1. The van der Waals surface area contributed by atoms with Gasteiger partial charge in [0.15, 0.2) is 0 Å². The summed E-state index contributed by atoms with van der Waals surface area (Å²) in [6.45, 7) is 3.91. The first kappa shape index (κ1) is 20.9. The molecule has 0 saturated heterocycles. The molecule has 3 rings (SSSR count). The summed E-state index contributed by atoms with van der Waals surface area (Å²) < 4.78 is 59.3. The van der Waals surface area contributed by atoms with Crippen molar-refractivity contribution in [3.8, 4) is 5.75 Å². The minimum atomic E-state index is -4.02. The molecule has 1 aliphatic rings. The Morgan fingerprint density at radius 3 is 2.45 bits per heavy atom. The quantitative estimate of drug-likeness (QED) is 0.608. The van der Waals surface area contributed by atoms with E-state index in [1.54, 1.807) is 30.3 Å². The molecule has 0 atom stereocenters. The van der Waals surface area contributed by atoms with E-state index in [1.807, 2.05) is 0 Å². The average molecular weight is 422 g/mol. The molecule has 1 saturated carbocycles. The molecule has 1 fully saturated rings. The molecular weight excluding hydrogens is 402 g/mol. The Kier molecular flexibility index (Phi) is 5.99. The molecule has 0 aromatic heterocycles. The number of hydrogen-bond acceptors (Lipinski definition) is 4. The molecule has 154 valence electrons. The van der Waals surface area contributed by atoms with Crippen molar-refractivity contribution in [3.63, 3.8) is 0 Å². The van der Waals surface area contributed by atoms with E-state index >= 15 is 0 Å². The first-order valence-electron chi connectivity index (χ1n) is 8.84. The van der Waals surface area contributed by atoms with Gasteiger partial charge in [-0.3, -0.25) is 4.79 Å². The Morgan fingerprint density at radius 2 is 1.86 bits per heavy atom. The van der Waals surface area contributed by atoms with Crippen molar-refractivity contribution in [1.29, 1.82) is 0 Å². The molecule has 29 heavy (non-hydrogen) atoms. The summed E-state index contributed by atoms with van der Waals surface area (Å²) in [5, 5.41) is 2.67. The molecule has 0 heterocycles. The fraction of sp³-hybridized carbons (Fsp3) is 0.250. The Balaban J connectivity index is 1.64. The lowest BCUT2D eigenvalue weighted by molar-refractivity contribution is -0.118. The normalized spacial score (nSPS) is 14.8. The van der Waals surface area contributed by atoms with Crippen LogP contribution in [0.15, 0.2) is 55.1 Å². The van der Waals surface area contributed by atoms with Gasteiger partial charge >= 0.3 is 0 Å². The second-order valence-electron chi connectivity index (χ2n) is 6.76. The summed E-state index contributed by atoms with van der Waals surface area (Å²) >= 11 is 0. The van der Waals surface area contributed by atoms with E-state index in [9.17, 15) is 22.0 Å². The Labute approximate surface area is 167 Å². The third-order valence-corrected chi connectivity index (χ3v) is 5.77. The van der Waals surface area contributed by atoms with Crippen molar-refractivity contribution in [1.82, 2.24) is 4.72 Å². The zero-order valence-electron chi connectivity index (χ0n) is 15.5. The van der Waals surface area contributed by atoms with Crippen LogP contribution in [0.25, 0.3) is 0 Å². The van der Waals surface area contributed by atoms with E-state index in [-0.39, 0.29) is 5.56 Å². The lowest BCUT2D eigenvalue weighted by Gasteiger charge is -2.18. The largest absolute Gasteiger partial charge is 0.490 e. The van der Waals surface area contributed by atoms with Crippen LogP contribution in [0.3, 0.4) is 0 Å². The molecule has 0 aliphatic heterocycles. The van der Waals surface area contributed by atoms with E-state index < -0.39 is 38.9 Å². The minimum absolute atomic E-state index is 0.176. The second kappa shape index (κ2) is 8.30. The zero-order chi connectivity index (χ0) is 21.1. The summed E-state index contributed by atoms with van der Waals surface area (Å²) in [6, 6.07) is 9.27. The summed E-state index contributed by atoms with van der Waals surface area (Å²) in [7, 11) is -4.02. The fourth-order valence-corrected chi connectivity index (χ4v) is 4.33. The van der Waals surface area contributed by atoms with E-state index in [1.165, 1.54) is 0 Å².